The molecule has 0 aliphatic carbocycles. The van der Waals surface area contributed by atoms with Gasteiger partial charge in [0, 0.05) is 5.56 Å². The standard InChI is InChI=1S/C11H13NO4S/c1-8(11(12)14)17(15,16)7-10(13)9-5-3-2-4-6-9/h2-6,8H,7H2,1H3,(H2,12,14). The first-order valence-electron chi connectivity index (χ1n) is 4.93. The summed E-state index contributed by atoms with van der Waals surface area (Å²) in [5.74, 6) is -2.20. The molecular weight excluding hydrogens is 242 g/mol. The summed E-state index contributed by atoms with van der Waals surface area (Å²) in [4.78, 5) is 22.5. The van der Waals surface area contributed by atoms with Crippen molar-refractivity contribution in [2.24, 2.45) is 5.73 Å². The summed E-state index contributed by atoms with van der Waals surface area (Å²) in [5, 5.41) is -1.35. The van der Waals surface area contributed by atoms with Gasteiger partial charge in [0.05, 0.1) is 0 Å². The summed E-state index contributed by atoms with van der Waals surface area (Å²) in [6.45, 7) is 1.18. The summed E-state index contributed by atoms with van der Waals surface area (Å²) in [5.41, 5.74) is 5.21. The highest BCUT2D eigenvalue weighted by molar-refractivity contribution is 7.93. The van der Waals surface area contributed by atoms with Gasteiger partial charge in [-0.1, -0.05) is 30.3 Å². The summed E-state index contributed by atoms with van der Waals surface area (Å²) < 4.78 is 23.3. The van der Waals surface area contributed by atoms with E-state index in [9.17, 15) is 18.0 Å². The molecule has 0 aliphatic heterocycles. The van der Waals surface area contributed by atoms with Gasteiger partial charge in [-0.3, -0.25) is 9.59 Å². The van der Waals surface area contributed by atoms with Crippen LogP contribution in [0.2, 0.25) is 0 Å². The number of nitrogens with two attached hydrogens (primary N) is 1. The van der Waals surface area contributed by atoms with Crippen molar-refractivity contribution in [2.45, 2.75) is 12.2 Å². The molecule has 17 heavy (non-hydrogen) atoms. The third kappa shape index (κ3) is 3.39. The molecule has 0 radical (unpaired) electrons. The zero-order valence-electron chi connectivity index (χ0n) is 9.29. The van der Waals surface area contributed by atoms with Crippen LogP contribution < -0.4 is 5.73 Å². The van der Waals surface area contributed by atoms with Crippen molar-refractivity contribution in [3.63, 3.8) is 0 Å². The molecule has 0 heterocycles. The molecule has 1 atom stereocenters. The van der Waals surface area contributed by atoms with Crippen LogP contribution in [-0.4, -0.2) is 31.1 Å². The van der Waals surface area contributed by atoms with Gasteiger partial charge in [-0.25, -0.2) is 8.42 Å². The van der Waals surface area contributed by atoms with Crippen LogP contribution in [-0.2, 0) is 14.6 Å². The molecule has 1 rings (SSSR count). The molecule has 2 N–H and O–H groups in total. The first-order valence-corrected chi connectivity index (χ1v) is 6.65. The van der Waals surface area contributed by atoms with Gasteiger partial charge >= 0.3 is 0 Å². The molecule has 1 amide bonds. The van der Waals surface area contributed by atoms with Crippen LogP contribution in [0.5, 0.6) is 0 Å². The van der Waals surface area contributed by atoms with Gasteiger partial charge in [0.1, 0.15) is 11.0 Å². The molecule has 0 bridgehead atoms. The average molecular weight is 255 g/mol. The zero-order chi connectivity index (χ0) is 13.1. The highest BCUT2D eigenvalue weighted by Gasteiger charge is 2.28. The van der Waals surface area contributed by atoms with E-state index in [0.717, 1.165) is 0 Å². The first-order chi connectivity index (χ1) is 7.84. The molecule has 0 aliphatic rings. The number of amides is 1. The minimum atomic E-state index is -3.83. The molecule has 0 fully saturated rings. The van der Waals surface area contributed by atoms with E-state index in [1.54, 1.807) is 18.2 Å². The largest absolute Gasteiger partial charge is 0.369 e. The molecule has 0 saturated heterocycles. The Morgan fingerprint density at radius 3 is 2.24 bits per heavy atom. The summed E-state index contributed by atoms with van der Waals surface area (Å²) in [7, 11) is -3.83. The van der Waals surface area contributed by atoms with Crippen LogP contribution in [0.25, 0.3) is 0 Å². The summed E-state index contributed by atoms with van der Waals surface area (Å²) in [6, 6.07) is 8.03. The Bertz CT molecular complexity index is 522. The van der Waals surface area contributed by atoms with E-state index in [1.807, 2.05) is 0 Å². The molecule has 1 aromatic carbocycles. The average Bonchev–Trinajstić information content (AvgIpc) is 2.28. The van der Waals surface area contributed by atoms with Crippen molar-refractivity contribution >= 4 is 21.5 Å². The fraction of sp³-hybridized carbons (Fsp3) is 0.273. The number of carbonyl (C=O) groups excluding carboxylic acids is 2. The number of Topliss-reactive ketones (excluding diaryl/α,β-unsaturated/α-hetero) is 1. The van der Waals surface area contributed by atoms with Crippen molar-refractivity contribution in [1.29, 1.82) is 0 Å². The van der Waals surface area contributed by atoms with E-state index in [1.165, 1.54) is 19.1 Å². The van der Waals surface area contributed by atoms with Crippen LogP contribution in [0.15, 0.2) is 30.3 Å². The van der Waals surface area contributed by atoms with Gasteiger partial charge in [-0.05, 0) is 6.92 Å². The van der Waals surface area contributed by atoms with Gasteiger partial charge in [0.25, 0.3) is 0 Å². The van der Waals surface area contributed by atoms with Crippen molar-refractivity contribution in [2.75, 3.05) is 5.75 Å². The number of hydrogen-bond acceptors (Lipinski definition) is 4. The first kappa shape index (κ1) is 13.4. The molecule has 1 unspecified atom stereocenters. The van der Waals surface area contributed by atoms with E-state index in [-0.39, 0.29) is 0 Å². The normalized spacial score (nSPS) is 13.0. The highest BCUT2D eigenvalue weighted by Crippen LogP contribution is 2.07. The lowest BCUT2D eigenvalue weighted by atomic mass is 10.2. The number of sulfone groups is 1. The number of benzene rings is 1. The van der Waals surface area contributed by atoms with Gasteiger partial charge in [-0.2, -0.15) is 0 Å². The van der Waals surface area contributed by atoms with Crippen LogP contribution in [0.4, 0.5) is 0 Å². The molecule has 92 valence electrons. The van der Waals surface area contributed by atoms with Gasteiger partial charge in [0.2, 0.25) is 5.91 Å². The van der Waals surface area contributed by atoms with E-state index in [0.29, 0.717) is 5.56 Å². The SMILES string of the molecule is CC(C(N)=O)S(=O)(=O)CC(=O)c1ccccc1. The van der Waals surface area contributed by atoms with Gasteiger partial charge in [-0.15, -0.1) is 0 Å². The van der Waals surface area contributed by atoms with Crippen molar-refractivity contribution in [3.8, 4) is 0 Å². The minimum Gasteiger partial charge on any atom is -0.369 e. The van der Waals surface area contributed by atoms with Gasteiger partial charge in [0.15, 0.2) is 15.6 Å². The Morgan fingerprint density at radius 2 is 1.76 bits per heavy atom. The Kier molecular flexibility index (Phi) is 4.01. The van der Waals surface area contributed by atoms with Crippen molar-refractivity contribution in [3.05, 3.63) is 35.9 Å². The number of rotatable bonds is 5. The van der Waals surface area contributed by atoms with Crippen LogP contribution >= 0.6 is 0 Å². The maximum absolute atomic E-state index is 11.7. The maximum atomic E-state index is 11.7. The molecule has 0 aromatic heterocycles. The van der Waals surface area contributed by atoms with Crippen molar-refractivity contribution in [1.82, 2.24) is 0 Å². The molecule has 0 saturated carbocycles. The Balaban J connectivity index is 2.86. The lowest BCUT2D eigenvalue weighted by molar-refractivity contribution is -0.117. The Labute approximate surface area is 99.5 Å². The predicted molar refractivity (Wildman–Crippen MR) is 63.2 cm³/mol. The number of hydrogen-bond donors (Lipinski definition) is 1. The minimum absolute atomic E-state index is 0.299. The highest BCUT2D eigenvalue weighted by atomic mass is 32.2. The third-order valence-electron chi connectivity index (χ3n) is 2.37. The summed E-state index contributed by atoms with van der Waals surface area (Å²) >= 11 is 0. The second kappa shape index (κ2) is 5.09. The molecular formula is C11H13NO4S. The topological polar surface area (TPSA) is 94.3 Å². The van der Waals surface area contributed by atoms with E-state index in [2.05, 4.69) is 0 Å². The fourth-order valence-corrected chi connectivity index (χ4v) is 2.33. The van der Waals surface area contributed by atoms with Crippen LogP contribution in [0.1, 0.15) is 17.3 Å². The van der Waals surface area contributed by atoms with E-state index in [4.69, 9.17) is 5.73 Å². The van der Waals surface area contributed by atoms with Crippen LogP contribution in [0, 0.1) is 0 Å². The number of primary amides is 1. The summed E-state index contributed by atoms with van der Waals surface area (Å²) in [6.07, 6.45) is 0. The smallest absolute Gasteiger partial charge is 0.235 e. The molecule has 1 aromatic rings. The monoisotopic (exact) mass is 255 g/mol. The molecule has 6 heteroatoms. The predicted octanol–water partition coefficient (Wildman–Crippen LogP) is 0.158. The van der Waals surface area contributed by atoms with E-state index >= 15 is 0 Å². The van der Waals surface area contributed by atoms with Crippen LogP contribution in [0.3, 0.4) is 0 Å². The quantitative estimate of drug-likeness (QED) is 0.758. The van der Waals surface area contributed by atoms with E-state index < -0.39 is 32.5 Å². The van der Waals surface area contributed by atoms with Gasteiger partial charge < -0.3 is 5.73 Å². The fourth-order valence-electron chi connectivity index (χ4n) is 1.19. The molecule has 5 nitrogen and oxygen atoms in total. The van der Waals surface area contributed by atoms with Crippen molar-refractivity contribution < 1.29 is 18.0 Å². The third-order valence-corrected chi connectivity index (χ3v) is 4.34. The number of ketones is 1. The maximum Gasteiger partial charge on any atom is 0.235 e. The Hall–Kier alpha value is -1.69. The second-order valence-electron chi connectivity index (χ2n) is 3.64. The Morgan fingerprint density at radius 1 is 1.24 bits per heavy atom. The zero-order valence-corrected chi connectivity index (χ0v) is 10.1. The second-order valence-corrected chi connectivity index (χ2v) is 5.96. The lowest BCUT2D eigenvalue weighted by Crippen LogP contribution is -2.36. The number of carbonyl (C=O) groups is 2. The lowest BCUT2D eigenvalue weighted by Gasteiger charge is -2.08. The molecule has 0 spiro atoms.